The molecule has 1 rings (SSSR count). The van der Waals surface area contributed by atoms with Crippen molar-refractivity contribution in [1.82, 2.24) is 10.3 Å². The van der Waals surface area contributed by atoms with Crippen LogP contribution in [0.15, 0.2) is 6.20 Å². The van der Waals surface area contributed by atoms with Crippen LogP contribution >= 0.6 is 0 Å². The highest BCUT2D eigenvalue weighted by Crippen LogP contribution is 2.25. The molecular formula is C16H28N2O. The van der Waals surface area contributed by atoms with Crippen LogP contribution in [0, 0.1) is 19.8 Å². The number of ether oxygens (including phenoxy) is 1. The third-order valence-electron chi connectivity index (χ3n) is 3.48. The van der Waals surface area contributed by atoms with E-state index in [-0.39, 0.29) is 0 Å². The molecule has 1 N–H and O–H groups in total. The highest BCUT2D eigenvalue weighted by Gasteiger charge is 2.12. The second-order valence-electron chi connectivity index (χ2n) is 5.75. The second kappa shape index (κ2) is 7.49. The van der Waals surface area contributed by atoms with Crippen molar-refractivity contribution in [2.45, 2.75) is 53.5 Å². The van der Waals surface area contributed by atoms with E-state index in [1.807, 2.05) is 13.1 Å². The van der Waals surface area contributed by atoms with Crippen molar-refractivity contribution in [3.8, 4) is 5.75 Å². The number of pyridine rings is 1. The van der Waals surface area contributed by atoms with Gasteiger partial charge in [0.25, 0.3) is 0 Å². The maximum Gasteiger partial charge on any atom is 0.128 e. The molecule has 0 aliphatic rings. The summed E-state index contributed by atoms with van der Waals surface area (Å²) in [6, 6.07) is 0.562. The molecule has 0 aliphatic heterocycles. The van der Waals surface area contributed by atoms with Crippen LogP contribution in [0.4, 0.5) is 0 Å². The van der Waals surface area contributed by atoms with E-state index in [1.54, 1.807) is 7.11 Å². The van der Waals surface area contributed by atoms with E-state index >= 15 is 0 Å². The molecule has 0 aromatic carbocycles. The molecule has 0 amide bonds. The summed E-state index contributed by atoms with van der Waals surface area (Å²) < 4.78 is 5.46. The van der Waals surface area contributed by atoms with Crippen LogP contribution in [0.1, 0.15) is 44.0 Å². The number of hydrogen-bond donors (Lipinski definition) is 1. The summed E-state index contributed by atoms with van der Waals surface area (Å²) >= 11 is 0. The Morgan fingerprint density at radius 3 is 2.53 bits per heavy atom. The van der Waals surface area contributed by atoms with Crippen molar-refractivity contribution >= 4 is 0 Å². The van der Waals surface area contributed by atoms with Crippen LogP contribution in [0.5, 0.6) is 5.75 Å². The van der Waals surface area contributed by atoms with Gasteiger partial charge in [0, 0.05) is 29.1 Å². The lowest BCUT2D eigenvalue weighted by Gasteiger charge is -2.16. The highest BCUT2D eigenvalue weighted by atomic mass is 16.5. The van der Waals surface area contributed by atoms with Crippen LogP contribution in [0.25, 0.3) is 0 Å². The Morgan fingerprint density at radius 2 is 1.95 bits per heavy atom. The second-order valence-corrected chi connectivity index (χ2v) is 5.75. The Hall–Kier alpha value is -1.09. The van der Waals surface area contributed by atoms with Crippen molar-refractivity contribution in [2.24, 2.45) is 5.92 Å². The molecule has 0 fully saturated rings. The highest BCUT2D eigenvalue weighted by molar-refractivity contribution is 5.41. The predicted molar refractivity (Wildman–Crippen MR) is 80.9 cm³/mol. The van der Waals surface area contributed by atoms with Gasteiger partial charge in [-0.3, -0.25) is 4.98 Å². The minimum Gasteiger partial charge on any atom is -0.496 e. The third-order valence-corrected chi connectivity index (χ3v) is 3.48. The number of rotatable bonds is 7. The monoisotopic (exact) mass is 264 g/mol. The van der Waals surface area contributed by atoms with E-state index in [0.29, 0.717) is 12.0 Å². The number of hydrogen-bond acceptors (Lipinski definition) is 3. The van der Waals surface area contributed by atoms with Gasteiger partial charge in [0.15, 0.2) is 0 Å². The Balaban J connectivity index is 2.62. The van der Waals surface area contributed by atoms with Crippen molar-refractivity contribution in [2.75, 3.05) is 13.7 Å². The molecule has 3 nitrogen and oxygen atoms in total. The molecule has 0 aliphatic carbocycles. The summed E-state index contributed by atoms with van der Waals surface area (Å²) in [6.07, 6.45) is 4.11. The maximum atomic E-state index is 5.46. The topological polar surface area (TPSA) is 34.1 Å². The van der Waals surface area contributed by atoms with Gasteiger partial charge < -0.3 is 10.1 Å². The molecule has 1 aromatic rings. The summed E-state index contributed by atoms with van der Waals surface area (Å²) in [5.74, 6) is 1.61. The normalized spacial score (nSPS) is 12.8. The van der Waals surface area contributed by atoms with Crippen LogP contribution in [0.2, 0.25) is 0 Å². The van der Waals surface area contributed by atoms with Gasteiger partial charge in [-0.2, -0.15) is 0 Å². The van der Waals surface area contributed by atoms with Crippen LogP contribution < -0.4 is 10.1 Å². The molecular weight excluding hydrogens is 236 g/mol. The first-order chi connectivity index (χ1) is 8.95. The van der Waals surface area contributed by atoms with Gasteiger partial charge in [-0.15, -0.1) is 0 Å². The fourth-order valence-electron chi connectivity index (χ4n) is 2.33. The number of aryl methyl sites for hydroxylation is 1. The SMILES string of the molecule is COc1c(C)cnc(CC(C)CCNC(C)C)c1C. The van der Waals surface area contributed by atoms with Gasteiger partial charge >= 0.3 is 0 Å². The zero-order chi connectivity index (χ0) is 14.4. The fourth-order valence-corrected chi connectivity index (χ4v) is 2.33. The zero-order valence-electron chi connectivity index (χ0n) is 13.2. The third kappa shape index (κ3) is 4.83. The molecule has 1 atom stereocenters. The van der Waals surface area contributed by atoms with Gasteiger partial charge in [0.1, 0.15) is 5.75 Å². The Labute approximate surface area is 117 Å². The first-order valence-electron chi connectivity index (χ1n) is 7.18. The Kier molecular flexibility index (Phi) is 6.29. The maximum absolute atomic E-state index is 5.46. The average Bonchev–Trinajstić information content (AvgIpc) is 2.33. The number of nitrogens with zero attached hydrogens (tertiary/aromatic N) is 1. The standard InChI is InChI=1S/C16H28N2O/c1-11(2)17-8-7-12(3)9-15-14(5)16(19-6)13(4)10-18-15/h10-12,17H,7-9H2,1-6H3. The van der Waals surface area contributed by atoms with Crippen LogP contribution in [-0.2, 0) is 6.42 Å². The minimum atomic E-state index is 0.562. The van der Waals surface area contributed by atoms with Crippen molar-refractivity contribution < 1.29 is 4.74 Å². The zero-order valence-corrected chi connectivity index (χ0v) is 13.2. The predicted octanol–water partition coefficient (Wildman–Crippen LogP) is 3.27. The van der Waals surface area contributed by atoms with E-state index in [9.17, 15) is 0 Å². The van der Waals surface area contributed by atoms with Crippen molar-refractivity contribution in [1.29, 1.82) is 0 Å². The number of methoxy groups -OCH3 is 1. The Morgan fingerprint density at radius 1 is 1.26 bits per heavy atom. The summed E-state index contributed by atoms with van der Waals surface area (Å²) in [5, 5.41) is 3.46. The summed E-state index contributed by atoms with van der Waals surface area (Å²) in [5.41, 5.74) is 3.46. The summed E-state index contributed by atoms with van der Waals surface area (Å²) in [7, 11) is 1.73. The average molecular weight is 264 g/mol. The number of aromatic nitrogens is 1. The molecule has 19 heavy (non-hydrogen) atoms. The molecule has 1 aromatic heterocycles. The lowest BCUT2D eigenvalue weighted by molar-refractivity contribution is 0.405. The van der Waals surface area contributed by atoms with E-state index in [0.717, 1.165) is 24.3 Å². The van der Waals surface area contributed by atoms with E-state index in [4.69, 9.17) is 4.74 Å². The largest absolute Gasteiger partial charge is 0.496 e. The molecule has 3 heteroatoms. The van der Waals surface area contributed by atoms with E-state index < -0.39 is 0 Å². The first-order valence-corrected chi connectivity index (χ1v) is 7.18. The van der Waals surface area contributed by atoms with Gasteiger partial charge in [-0.25, -0.2) is 0 Å². The van der Waals surface area contributed by atoms with Crippen LogP contribution in [-0.4, -0.2) is 24.7 Å². The molecule has 0 bridgehead atoms. The smallest absolute Gasteiger partial charge is 0.128 e. The van der Waals surface area contributed by atoms with Gasteiger partial charge in [-0.1, -0.05) is 20.8 Å². The number of nitrogens with one attached hydrogen (secondary N) is 1. The summed E-state index contributed by atoms with van der Waals surface area (Å²) in [4.78, 5) is 4.57. The minimum absolute atomic E-state index is 0.562. The van der Waals surface area contributed by atoms with Crippen molar-refractivity contribution in [3.05, 3.63) is 23.0 Å². The van der Waals surface area contributed by atoms with Crippen molar-refractivity contribution in [3.63, 3.8) is 0 Å². The molecule has 0 radical (unpaired) electrons. The molecule has 0 saturated heterocycles. The summed E-state index contributed by atoms with van der Waals surface area (Å²) in [6.45, 7) is 11.9. The van der Waals surface area contributed by atoms with Gasteiger partial charge in [-0.05, 0) is 39.2 Å². The van der Waals surface area contributed by atoms with Crippen LogP contribution in [0.3, 0.4) is 0 Å². The fraction of sp³-hybridized carbons (Fsp3) is 0.688. The van der Waals surface area contributed by atoms with E-state index in [1.165, 1.54) is 17.7 Å². The molecule has 0 saturated carbocycles. The quantitative estimate of drug-likeness (QED) is 0.820. The molecule has 108 valence electrons. The lowest BCUT2D eigenvalue weighted by atomic mass is 9.98. The molecule has 1 heterocycles. The first kappa shape index (κ1) is 16.0. The lowest BCUT2D eigenvalue weighted by Crippen LogP contribution is -2.25. The van der Waals surface area contributed by atoms with Gasteiger partial charge in [0.2, 0.25) is 0 Å². The van der Waals surface area contributed by atoms with Gasteiger partial charge in [0.05, 0.1) is 7.11 Å². The molecule has 1 unspecified atom stereocenters. The molecule has 0 spiro atoms. The van der Waals surface area contributed by atoms with E-state index in [2.05, 4.69) is 38.0 Å². The Bertz CT molecular complexity index is 402.